The molecule has 1 aromatic rings. The normalized spacial score (nSPS) is 12.5. The summed E-state index contributed by atoms with van der Waals surface area (Å²) >= 11 is 0. The van der Waals surface area contributed by atoms with Gasteiger partial charge in [0.1, 0.15) is 11.6 Å². The molecule has 0 amide bonds. The van der Waals surface area contributed by atoms with E-state index in [1.165, 1.54) is 18.2 Å². The van der Waals surface area contributed by atoms with E-state index in [-0.39, 0.29) is 12.4 Å². The molecule has 3 nitrogen and oxygen atoms in total. The molecule has 0 unspecified atom stereocenters. The number of benzene rings is 1. The number of hydrogen-bond donors (Lipinski definition) is 2. The zero-order chi connectivity index (χ0) is 12.0. The van der Waals surface area contributed by atoms with Crippen LogP contribution in [-0.2, 0) is 0 Å². The number of aliphatic hydroxyl groups is 2. The van der Waals surface area contributed by atoms with E-state index in [1.807, 2.05) is 0 Å². The standard InChI is InChI=1S/C12H17FO3/c1-9(15)11-5-4-10(13)8-12(11)16-7-3-2-6-14/h4-5,8-9,14-15H,2-3,6-7H2,1H3/t9-/m1/s1. The lowest BCUT2D eigenvalue weighted by molar-refractivity contribution is 0.189. The summed E-state index contributed by atoms with van der Waals surface area (Å²) in [5.41, 5.74) is 0.574. The number of rotatable bonds is 6. The van der Waals surface area contributed by atoms with Gasteiger partial charge in [-0.1, -0.05) is 0 Å². The zero-order valence-corrected chi connectivity index (χ0v) is 9.32. The highest BCUT2D eigenvalue weighted by atomic mass is 19.1. The molecule has 0 bridgehead atoms. The molecule has 1 rings (SSSR count). The van der Waals surface area contributed by atoms with Crippen molar-refractivity contribution in [2.75, 3.05) is 13.2 Å². The predicted molar refractivity (Wildman–Crippen MR) is 58.8 cm³/mol. The van der Waals surface area contributed by atoms with Crippen molar-refractivity contribution in [2.45, 2.75) is 25.9 Å². The first-order valence-electron chi connectivity index (χ1n) is 5.36. The quantitative estimate of drug-likeness (QED) is 0.732. The van der Waals surface area contributed by atoms with E-state index in [0.717, 1.165) is 0 Å². The van der Waals surface area contributed by atoms with Gasteiger partial charge in [-0.05, 0) is 31.9 Å². The molecule has 0 aromatic heterocycles. The molecule has 1 aromatic carbocycles. The maximum atomic E-state index is 13.0. The molecule has 0 radical (unpaired) electrons. The Morgan fingerprint density at radius 2 is 2.12 bits per heavy atom. The topological polar surface area (TPSA) is 49.7 Å². The van der Waals surface area contributed by atoms with E-state index in [0.29, 0.717) is 30.8 Å². The first-order valence-corrected chi connectivity index (χ1v) is 5.36. The van der Waals surface area contributed by atoms with Crippen molar-refractivity contribution in [1.29, 1.82) is 0 Å². The number of halogens is 1. The van der Waals surface area contributed by atoms with Gasteiger partial charge in [0.25, 0.3) is 0 Å². The van der Waals surface area contributed by atoms with Crippen LogP contribution in [0.4, 0.5) is 4.39 Å². The van der Waals surface area contributed by atoms with Gasteiger partial charge in [0.15, 0.2) is 0 Å². The van der Waals surface area contributed by atoms with Crippen molar-refractivity contribution in [2.24, 2.45) is 0 Å². The van der Waals surface area contributed by atoms with Crippen LogP contribution in [0.3, 0.4) is 0 Å². The fourth-order valence-corrected chi connectivity index (χ4v) is 1.37. The summed E-state index contributed by atoms with van der Waals surface area (Å²) in [6.45, 7) is 2.13. The maximum absolute atomic E-state index is 13.0. The van der Waals surface area contributed by atoms with Gasteiger partial charge in [-0.25, -0.2) is 4.39 Å². The molecular formula is C12H17FO3. The van der Waals surface area contributed by atoms with Crippen LogP contribution in [0.1, 0.15) is 31.4 Å². The van der Waals surface area contributed by atoms with Crippen LogP contribution in [0.2, 0.25) is 0 Å². The Kier molecular flexibility index (Phi) is 5.22. The minimum Gasteiger partial charge on any atom is -0.493 e. The van der Waals surface area contributed by atoms with Crippen LogP contribution >= 0.6 is 0 Å². The third kappa shape index (κ3) is 3.79. The average molecular weight is 228 g/mol. The molecule has 0 saturated carbocycles. The lowest BCUT2D eigenvalue weighted by atomic mass is 10.1. The highest BCUT2D eigenvalue weighted by molar-refractivity contribution is 5.35. The van der Waals surface area contributed by atoms with E-state index in [9.17, 15) is 9.50 Å². The molecule has 16 heavy (non-hydrogen) atoms. The fraction of sp³-hybridized carbons (Fsp3) is 0.500. The Bertz CT molecular complexity index is 326. The van der Waals surface area contributed by atoms with Gasteiger partial charge in [0.2, 0.25) is 0 Å². The first-order chi connectivity index (χ1) is 7.65. The minimum absolute atomic E-state index is 0.121. The second-order valence-electron chi connectivity index (χ2n) is 3.64. The highest BCUT2D eigenvalue weighted by Crippen LogP contribution is 2.26. The van der Waals surface area contributed by atoms with E-state index >= 15 is 0 Å². The Morgan fingerprint density at radius 1 is 1.38 bits per heavy atom. The predicted octanol–water partition coefficient (Wildman–Crippen LogP) is 2.03. The van der Waals surface area contributed by atoms with Gasteiger partial charge in [-0.2, -0.15) is 0 Å². The van der Waals surface area contributed by atoms with Gasteiger partial charge in [-0.15, -0.1) is 0 Å². The maximum Gasteiger partial charge on any atom is 0.127 e. The lowest BCUT2D eigenvalue weighted by Crippen LogP contribution is -2.03. The first kappa shape index (κ1) is 12.9. The smallest absolute Gasteiger partial charge is 0.127 e. The van der Waals surface area contributed by atoms with Crippen LogP contribution < -0.4 is 4.74 Å². The molecule has 0 aliphatic heterocycles. The van der Waals surface area contributed by atoms with E-state index in [4.69, 9.17) is 9.84 Å². The largest absolute Gasteiger partial charge is 0.493 e. The molecule has 90 valence electrons. The molecule has 2 N–H and O–H groups in total. The number of unbranched alkanes of at least 4 members (excludes halogenated alkanes) is 1. The molecule has 0 saturated heterocycles. The minimum atomic E-state index is -0.687. The Balaban J connectivity index is 2.65. The molecule has 0 aliphatic carbocycles. The summed E-state index contributed by atoms with van der Waals surface area (Å²) in [5, 5.41) is 18.1. The van der Waals surface area contributed by atoms with Crippen LogP contribution in [0, 0.1) is 5.82 Å². The molecule has 0 heterocycles. The monoisotopic (exact) mass is 228 g/mol. The van der Waals surface area contributed by atoms with Crippen molar-refractivity contribution in [3.8, 4) is 5.75 Å². The lowest BCUT2D eigenvalue weighted by Gasteiger charge is -2.13. The van der Waals surface area contributed by atoms with Crippen LogP contribution in [-0.4, -0.2) is 23.4 Å². The van der Waals surface area contributed by atoms with Crippen molar-refractivity contribution >= 4 is 0 Å². The van der Waals surface area contributed by atoms with Crippen molar-refractivity contribution in [3.05, 3.63) is 29.6 Å². The zero-order valence-electron chi connectivity index (χ0n) is 9.32. The molecule has 0 fully saturated rings. The van der Waals surface area contributed by atoms with E-state index < -0.39 is 6.10 Å². The van der Waals surface area contributed by atoms with Gasteiger partial charge >= 0.3 is 0 Å². The van der Waals surface area contributed by atoms with Crippen molar-refractivity contribution in [3.63, 3.8) is 0 Å². The number of aliphatic hydroxyl groups excluding tert-OH is 2. The second kappa shape index (κ2) is 6.45. The summed E-state index contributed by atoms with van der Waals surface area (Å²) < 4.78 is 18.4. The third-order valence-corrected chi connectivity index (χ3v) is 2.24. The summed E-state index contributed by atoms with van der Waals surface area (Å²) in [6, 6.07) is 4.07. The van der Waals surface area contributed by atoms with Crippen LogP contribution in [0.25, 0.3) is 0 Å². The Morgan fingerprint density at radius 3 is 2.75 bits per heavy atom. The van der Waals surface area contributed by atoms with E-state index in [2.05, 4.69) is 0 Å². The second-order valence-corrected chi connectivity index (χ2v) is 3.64. The summed E-state index contributed by atoms with van der Waals surface area (Å²) in [6.07, 6.45) is 0.666. The molecule has 0 spiro atoms. The molecule has 1 atom stereocenters. The Labute approximate surface area is 94.5 Å². The summed E-state index contributed by atoms with van der Waals surface area (Å²) in [7, 11) is 0. The van der Waals surface area contributed by atoms with Gasteiger partial charge in [0, 0.05) is 18.2 Å². The van der Waals surface area contributed by atoms with Gasteiger partial charge in [-0.3, -0.25) is 0 Å². The molecule has 0 aliphatic rings. The average Bonchev–Trinajstić information content (AvgIpc) is 2.24. The van der Waals surface area contributed by atoms with Crippen LogP contribution in [0.5, 0.6) is 5.75 Å². The highest BCUT2D eigenvalue weighted by Gasteiger charge is 2.10. The van der Waals surface area contributed by atoms with Gasteiger partial charge in [0.05, 0.1) is 12.7 Å². The fourth-order valence-electron chi connectivity index (χ4n) is 1.37. The number of hydrogen-bond acceptors (Lipinski definition) is 3. The summed E-state index contributed by atoms with van der Waals surface area (Å²) in [5.74, 6) is -0.0190. The van der Waals surface area contributed by atoms with E-state index in [1.54, 1.807) is 6.92 Å². The summed E-state index contributed by atoms with van der Waals surface area (Å²) in [4.78, 5) is 0. The molecular weight excluding hydrogens is 211 g/mol. The third-order valence-electron chi connectivity index (χ3n) is 2.24. The van der Waals surface area contributed by atoms with Crippen molar-refractivity contribution in [1.82, 2.24) is 0 Å². The van der Waals surface area contributed by atoms with Crippen LogP contribution in [0.15, 0.2) is 18.2 Å². The van der Waals surface area contributed by atoms with Crippen molar-refractivity contribution < 1.29 is 19.3 Å². The SMILES string of the molecule is C[C@@H](O)c1ccc(F)cc1OCCCCO. The number of ether oxygens (including phenoxy) is 1. The Hall–Kier alpha value is -1.13. The van der Waals surface area contributed by atoms with Gasteiger partial charge < -0.3 is 14.9 Å². The molecule has 4 heteroatoms.